The summed E-state index contributed by atoms with van der Waals surface area (Å²) < 4.78 is 5.62. The lowest BCUT2D eigenvalue weighted by Crippen LogP contribution is -2.49. The van der Waals surface area contributed by atoms with Gasteiger partial charge in [0.1, 0.15) is 22.7 Å². The lowest BCUT2D eigenvalue weighted by molar-refractivity contribution is -0.138. The minimum absolute atomic E-state index is 0.0631. The van der Waals surface area contributed by atoms with Gasteiger partial charge in [0.15, 0.2) is 0 Å². The number of hydrogen-bond donors (Lipinski definition) is 2. The molecular weight excluding hydrogens is 462 g/mol. The van der Waals surface area contributed by atoms with E-state index in [1.807, 2.05) is 12.1 Å². The van der Waals surface area contributed by atoms with Crippen molar-refractivity contribution in [1.29, 1.82) is 0 Å². The van der Waals surface area contributed by atoms with E-state index in [1.165, 1.54) is 10.4 Å². The Bertz CT molecular complexity index is 1460. The molecule has 0 spiro atoms. The zero-order valence-corrected chi connectivity index (χ0v) is 20.6. The molecule has 0 unspecified atom stereocenters. The van der Waals surface area contributed by atoms with Crippen LogP contribution in [0.25, 0.3) is 21.1 Å². The summed E-state index contributed by atoms with van der Waals surface area (Å²) >= 11 is 1.70. The van der Waals surface area contributed by atoms with Crippen molar-refractivity contribution in [1.82, 2.24) is 30.0 Å². The van der Waals surface area contributed by atoms with Crippen LogP contribution in [0, 0.1) is 5.92 Å². The Morgan fingerprint density at radius 3 is 2.97 bits per heavy atom. The third-order valence-corrected chi connectivity index (χ3v) is 9.17. The van der Waals surface area contributed by atoms with E-state index in [2.05, 4.69) is 42.3 Å². The lowest BCUT2D eigenvalue weighted by atomic mass is 9.86. The molecule has 0 radical (unpaired) electrons. The van der Waals surface area contributed by atoms with Gasteiger partial charge < -0.3 is 15.0 Å². The number of carbonyl (C=O) groups excluding carboxylic acids is 1. The first-order valence-corrected chi connectivity index (χ1v) is 12.9. The molecule has 180 valence electrons. The third-order valence-electron chi connectivity index (χ3n) is 8.01. The zero-order chi connectivity index (χ0) is 23.7. The van der Waals surface area contributed by atoms with Gasteiger partial charge in [-0.25, -0.2) is 9.97 Å². The van der Waals surface area contributed by atoms with Crippen molar-refractivity contribution in [3.63, 3.8) is 0 Å². The highest BCUT2D eigenvalue weighted by Gasteiger charge is 2.45. The van der Waals surface area contributed by atoms with Crippen LogP contribution < -0.4 is 10.1 Å². The summed E-state index contributed by atoms with van der Waals surface area (Å²) in [7, 11) is 3.83. The monoisotopic (exact) mass is 489 g/mol. The van der Waals surface area contributed by atoms with Crippen LogP contribution >= 0.6 is 11.3 Å². The molecule has 7 rings (SSSR count). The highest BCUT2D eigenvalue weighted by molar-refractivity contribution is 7.19. The normalized spacial score (nSPS) is 23.8. The standard InChI is InChI=1S/C25H27N7O2S/c1-31-10-16-7-15(31)11-32(16)25(33)13-3-4-17-21(6-13)35-24-22(17)23(26-12-27-24)29-19-5-14-9-28-30-18(14)8-20(19)34-2/h5,8-9,12-13,15-16H,3-4,6-7,10-11H2,1-2H3,(H,28,30)(H,26,27,29)/t13-,15+,16+/m0/s1. The number of rotatable bonds is 4. The highest BCUT2D eigenvalue weighted by atomic mass is 32.1. The van der Waals surface area contributed by atoms with Crippen molar-refractivity contribution < 1.29 is 9.53 Å². The molecule has 3 aliphatic rings. The van der Waals surface area contributed by atoms with E-state index in [0.717, 1.165) is 71.4 Å². The number of aromatic nitrogens is 4. The van der Waals surface area contributed by atoms with Crippen molar-refractivity contribution in [3.05, 3.63) is 35.1 Å². The number of likely N-dealkylation sites (N-methyl/N-ethyl adjacent to an activating group) is 1. The second-order valence-electron chi connectivity index (χ2n) is 9.95. The summed E-state index contributed by atoms with van der Waals surface area (Å²) in [6.45, 7) is 1.90. The average molecular weight is 490 g/mol. The zero-order valence-electron chi connectivity index (χ0n) is 19.7. The molecule has 0 saturated carbocycles. The van der Waals surface area contributed by atoms with Crippen molar-refractivity contribution in [2.75, 3.05) is 32.6 Å². The number of ether oxygens (including phenoxy) is 1. The van der Waals surface area contributed by atoms with E-state index in [-0.39, 0.29) is 5.92 Å². The number of anilines is 2. The van der Waals surface area contributed by atoms with Gasteiger partial charge in [-0.3, -0.25) is 14.8 Å². The fourth-order valence-corrected chi connectivity index (χ4v) is 7.42. The van der Waals surface area contributed by atoms with Gasteiger partial charge in [0.25, 0.3) is 0 Å². The van der Waals surface area contributed by atoms with Crippen LogP contribution in [-0.2, 0) is 17.6 Å². The molecule has 1 amide bonds. The van der Waals surface area contributed by atoms with Gasteiger partial charge >= 0.3 is 0 Å². The topological polar surface area (TPSA) is 99.3 Å². The van der Waals surface area contributed by atoms with E-state index in [0.29, 0.717) is 23.7 Å². The van der Waals surface area contributed by atoms with Crippen molar-refractivity contribution in [3.8, 4) is 5.75 Å². The Kier molecular flexibility index (Phi) is 4.75. The predicted octanol–water partition coefficient (Wildman–Crippen LogP) is 3.34. The summed E-state index contributed by atoms with van der Waals surface area (Å²) in [5, 5.41) is 12.7. The maximum Gasteiger partial charge on any atom is 0.226 e. The highest BCUT2D eigenvalue weighted by Crippen LogP contribution is 2.42. The lowest BCUT2D eigenvalue weighted by Gasteiger charge is -2.35. The number of aryl methyl sites for hydroxylation is 1. The molecule has 4 aromatic rings. The number of carbonyl (C=O) groups is 1. The van der Waals surface area contributed by atoms with E-state index < -0.39 is 0 Å². The van der Waals surface area contributed by atoms with Crippen LogP contribution in [0.4, 0.5) is 11.5 Å². The number of amides is 1. The number of aromatic amines is 1. The molecule has 2 aliphatic heterocycles. The minimum atomic E-state index is 0.0631. The van der Waals surface area contributed by atoms with E-state index in [1.54, 1.807) is 31.0 Å². The average Bonchev–Trinajstić information content (AvgIpc) is 3.64. The van der Waals surface area contributed by atoms with Gasteiger partial charge in [-0.15, -0.1) is 11.3 Å². The van der Waals surface area contributed by atoms with Gasteiger partial charge in [0.05, 0.1) is 29.9 Å². The predicted molar refractivity (Wildman–Crippen MR) is 135 cm³/mol. The number of hydrogen-bond acceptors (Lipinski definition) is 8. The Morgan fingerprint density at radius 1 is 1.26 bits per heavy atom. The molecule has 9 nitrogen and oxygen atoms in total. The quantitative estimate of drug-likeness (QED) is 0.454. The molecule has 5 heterocycles. The maximum absolute atomic E-state index is 13.4. The molecule has 10 heteroatoms. The number of H-pyrrole nitrogens is 1. The SMILES string of the molecule is COc1cc2[nH]ncc2cc1Nc1ncnc2sc3c(c12)CC[C@H](C(=O)N1C[C@H]2C[C@@H]1CN2C)C3. The van der Waals surface area contributed by atoms with Crippen LogP contribution in [0.2, 0.25) is 0 Å². The molecular formula is C25H27N7O2S. The number of methoxy groups -OCH3 is 1. The first-order valence-electron chi connectivity index (χ1n) is 12.1. The summed E-state index contributed by atoms with van der Waals surface area (Å²) in [4.78, 5) is 29.4. The number of fused-ring (bicyclic) bond motifs is 6. The number of thiophene rings is 1. The Morgan fingerprint density at radius 2 is 2.17 bits per heavy atom. The molecule has 35 heavy (non-hydrogen) atoms. The van der Waals surface area contributed by atoms with Crippen LogP contribution in [0.5, 0.6) is 5.75 Å². The summed E-state index contributed by atoms with van der Waals surface area (Å²) in [5.74, 6) is 1.90. The number of nitrogens with one attached hydrogen (secondary N) is 2. The first-order chi connectivity index (χ1) is 17.1. The van der Waals surface area contributed by atoms with E-state index in [9.17, 15) is 4.79 Å². The van der Waals surface area contributed by atoms with Crippen LogP contribution in [-0.4, -0.2) is 75.2 Å². The fraction of sp³-hybridized carbons (Fsp3) is 0.440. The Balaban J connectivity index is 1.19. The second kappa shape index (κ2) is 7.89. The molecule has 1 aliphatic carbocycles. The molecule has 3 aromatic heterocycles. The van der Waals surface area contributed by atoms with Gasteiger partial charge in [-0.05, 0) is 44.4 Å². The Labute approximate surface area is 206 Å². The fourth-order valence-electron chi connectivity index (χ4n) is 6.15. The van der Waals surface area contributed by atoms with Gasteiger partial charge in [-0.1, -0.05) is 0 Å². The van der Waals surface area contributed by atoms with Crippen LogP contribution in [0.15, 0.2) is 24.7 Å². The van der Waals surface area contributed by atoms with Gasteiger partial charge in [-0.2, -0.15) is 5.10 Å². The van der Waals surface area contributed by atoms with Crippen molar-refractivity contribution >= 4 is 49.9 Å². The number of likely N-dealkylation sites (tertiary alicyclic amines) is 2. The van der Waals surface area contributed by atoms with E-state index >= 15 is 0 Å². The van der Waals surface area contributed by atoms with Crippen LogP contribution in [0.3, 0.4) is 0 Å². The summed E-state index contributed by atoms with van der Waals surface area (Å²) in [5.41, 5.74) is 3.03. The molecule has 2 saturated heterocycles. The summed E-state index contributed by atoms with van der Waals surface area (Å²) in [6.07, 6.45) is 7.07. The van der Waals surface area contributed by atoms with Crippen LogP contribution in [0.1, 0.15) is 23.3 Å². The smallest absolute Gasteiger partial charge is 0.226 e. The molecule has 3 atom stereocenters. The van der Waals surface area contributed by atoms with E-state index in [4.69, 9.17) is 4.74 Å². The second-order valence-corrected chi connectivity index (χ2v) is 11.0. The molecule has 2 fully saturated rings. The largest absolute Gasteiger partial charge is 0.494 e. The third kappa shape index (κ3) is 3.30. The maximum atomic E-state index is 13.4. The van der Waals surface area contributed by atoms with Gasteiger partial charge in [0.2, 0.25) is 5.91 Å². The Hall–Kier alpha value is -3.24. The number of piperazine rings is 1. The minimum Gasteiger partial charge on any atom is -0.494 e. The molecule has 1 aromatic carbocycles. The molecule has 2 N–H and O–H groups in total. The number of nitrogens with zero attached hydrogens (tertiary/aromatic N) is 5. The van der Waals surface area contributed by atoms with Crippen molar-refractivity contribution in [2.45, 2.75) is 37.8 Å². The molecule has 2 bridgehead atoms. The summed E-state index contributed by atoms with van der Waals surface area (Å²) in [6, 6.07) is 4.88. The van der Waals surface area contributed by atoms with Gasteiger partial charge in [0, 0.05) is 47.4 Å². The number of benzene rings is 1. The first kappa shape index (κ1) is 21.1. The van der Waals surface area contributed by atoms with Crippen molar-refractivity contribution in [2.24, 2.45) is 5.92 Å².